The molecule has 3 rings (SSSR count). The maximum atomic E-state index is 12.9. The number of hydrogen-bond acceptors (Lipinski definition) is 4. The van der Waals surface area contributed by atoms with Gasteiger partial charge in [0.25, 0.3) is 0 Å². The van der Waals surface area contributed by atoms with Crippen LogP contribution in [0.4, 0.5) is 4.39 Å². The highest BCUT2D eigenvalue weighted by molar-refractivity contribution is 6.61. The predicted octanol–water partition coefficient (Wildman–Crippen LogP) is 0.589. The van der Waals surface area contributed by atoms with Crippen molar-refractivity contribution in [1.82, 2.24) is 9.78 Å². The van der Waals surface area contributed by atoms with Gasteiger partial charge in [-0.2, -0.15) is 5.10 Å². The summed E-state index contributed by atoms with van der Waals surface area (Å²) in [4.78, 5) is 0. The number of hydrogen-bond donors (Lipinski definition) is 3. The van der Waals surface area contributed by atoms with E-state index in [2.05, 4.69) is 5.10 Å². The average molecular weight is 300 g/mol. The number of aromatic nitrogens is 2. The fourth-order valence-electron chi connectivity index (χ4n) is 2.40. The molecule has 0 fully saturated rings. The van der Waals surface area contributed by atoms with E-state index in [0.29, 0.717) is 21.9 Å². The first-order valence-electron chi connectivity index (χ1n) is 6.80. The SMILES string of the molecule is OB(O)c1cccc2nn(C[C@H](O)c3ccc(F)cc3)cc12. The second-order valence-corrected chi connectivity index (χ2v) is 5.07. The molecule has 0 aliphatic carbocycles. The van der Waals surface area contributed by atoms with Crippen LogP contribution in [-0.4, -0.2) is 32.1 Å². The Morgan fingerprint density at radius 3 is 2.55 bits per heavy atom. The molecule has 1 aromatic heterocycles. The zero-order valence-corrected chi connectivity index (χ0v) is 11.6. The van der Waals surface area contributed by atoms with E-state index < -0.39 is 13.2 Å². The molecule has 0 saturated carbocycles. The fraction of sp³-hybridized carbons (Fsp3) is 0.133. The molecule has 0 unspecified atom stereocenters. The van der Waals surface area contributed by atoms with Crippen LogP contribution >= 0.6 is 0 Å². The summed E-state index contributed by atoms with van der Waals surface area (Å²) in [5.74, 6) is -0.359. The molecule has 0 aliphatic rings. The van der Waals surface area contributed by atoms with Crippen LogP contribution in [-0.2, 0) is 6.54 Å². The highest BCUT2D eigenvalue weighted by atomic mass is 19.1. The number of benzene rings is 2. The van der Waals surface area contributed by atoms with Crippen LogP contribution in [0.25, 0.3) is 10.9 Å². The summed E-state index contributed by atoms with van der Waals surface area (Å²) in [6.45, 7) is 0.182. The lowest BCUT2D eigenvalue weighted by atomic mass is 9.78. The van der Waals surface area contributed by atoms with E-state index in [-0.39, 0.29) is 12.4 Å². The monoisotopic (exact) mass is 300 g/mol. The molecule has 1 heterocycles. The Morgan fingerprint density at radius 2 is 1.86 bits per heavy atom. The number of halogens is 1. The largest absolute Gasteiger partial charge is 0.489 e. The molecular formula is C15H14BFN2O3. The summed E-state index contributed by atoms with van der Waals surface area (Å²) in [6, 6.07) is 10.7. The van der Waals surface area contributed by atoms with E-state index in [4.69, 9.17) is 0 Å². The Bertz CT molecular complexity index is 789. The zero-order chi connectivity index (χ0) is 15.7. The van der Waals surface area contributed by atoms with Crippen molar-refractivity contribution >= 4 is 23.5 Å². The van der Waals surface area contributed by atoms with Gasteiger partial charge in [-0.05, 0) is 29.2 Å². The predicted molar refractivity (Wildman–Crippen MR) is 80.9 cm³/mol. The highest BCUT2D eigenvalue weighted by Crippen LogP contribution is 2.17. The maximum absolute atomic E-state index is 12.9. The molecule has 3 aromatic rings. The topological polar surface area (TPSA) is 78.5 Å². The van der Waals surface area contributed by atoms with Crippen LogP contribution in [0, 0.1) is 5.82 Å². The quantitative estimate of drug-likeness (QED) is 0.616. The minimum atomic E-state index is -1.58. The van der Waals surface area contributed by atoms with Crippen molar-refractivity contribution in [3.63, 3.8) is 0 Å². The maximum Gasteiger partial charge on any atom is 0.489 e. The van der Waals surface area contributed by atoms with E-state index in [1.807, 2.05) is 0 Å². The van der Waals surface area contributed by atoms with E-state index in [1.54, 1.807) is 24.4 Å². The normalized spacial score (nSPS) is 12.5. The van der Waals surface area contributed by atoms with Gasteiger partial charge in [-0.15, -0.1) is 0 Å². The molecule has 22 heavy (non-hydrogen) atoms. The summed E-state index contributed by atoms with van der Waals surface area (Å²) in [7, 11) is -1.58. The number of rotatable bonds is 4. The third kappa shape index (κ3) is 2.87. The van der Waals surface area contributed by atoms with Gasteiger partial charge in [-0.1, -0.05) is 24.3 Å². The van der Waals surface area contributed by atoms with Crippen LogP contribution in [0.3, 0.4) is 0 Å². The van der Waals surface area contributed by atoms with E-state index in [1.165, 1.54) is 28.9 Å². The first kappa shape index (κ1) is 14.7. The summed E-state index contributed by atoms with van der Waals surface area (Å²) in [5, 5.41) is 33.8. The van der Waals surface area contributed by atoms with Gasteiger partial charge >= 0.3 is 7.12 Å². The van der Waals surface area contributed by atoms with Gasteiger partial charge < -0.3 is 15.2 Å². The lowest BCUT2D eigenvalue weighted by Gasteiger charge is -2.10. The van der Waals surface area contributed by atoms with Crippen LogP contribution in [0.2, 0.25) is 0 Å². The number of aliphatic hydroxyl groups is 1. The Balaban J connectivity index is 1.88. The lowest BCUT2D eigenvalue weighted by Crippen LogP contribution is -2.30. The number of aliphatic hydroxyl groups excluding tert-OH is 1. The second-order valence-electron chi connectivity index (χ2n) is 5.07. The third-order valence-electron chi connectivity index (χ3n) is 3.52. The minimum Gasteiger partial charge on any atom is -0.423 e. The molecule has 112 valence electrons. The summed E-state index contributed by atoms with van der Waals surface area (Å²) in [6.07, 6.45) is 0.814. The zero-order valence-electron chi connectivity index (χ0n) is 11.6. The van der Waals surface area contributed by atoms with Crippen molar-refractivity contribution in [3.05, 3.63) is 60.0 Å². The Hall–Kier alpha value is -2.22. The van der Waals surface area contributed by atoms with Crippen LogP contribution in [0.1, 0.15) is 11.7 Å². The number of nitrogens with zero attached hydrogens (tertiary/aromatic N) is 2. The van der Waals surface area contributed by atoms with Gasteiger partial charge in [0.05, 0.1) is 18.2 Å². The van der Waals surface area contributed by atoms with Gasteiger partial charge in [0.2, 0.25) is 0 Å². The van der Waals surface area contributed by atoms with Gasteiger partial charge in [-0.25, -0.2) is 4.39 Å². The van der Waals surface area contributed by atoms with Crippen molar-refractivity contribution in [1.29, 1.82) is 0 Å². The molecule has 5 nitrogen and oxygen atoms in total. The molecular weight excluding hydrogens is 286 g/mol. The van der Waals surface area contributed by atoms with E-state index in [9.17, 15) is 19.5 Å². The Labute approximate surface area is 126 Å². The van der Waals surface area contributed by atoms with Crippen LogP contribution in [0.5, 0.6) is 0 Å². The Kier molecular flexibility index (Phi) is 3.93. The summed E-state index contributed by atoms with van der Waals surface area (Å²) in [5.41, 5.74) is 1.56. The van der Waals surface area contributed by atoms with Crippen LogP contribution < -0.4 is 5.46 Å². The Morgan fingerprint density at radius 1 is 1.14 bits per heavy atom. The fourth-order valence-corrected chi connectivity index (χ4v) is 2.40. The van der Waals surface area contributed by atoms with Crippen molar-refractivity contribution in [3.8, 4) is 0 Å². The summed E-state index contributed by atoms with van der Waals surface area (Å²) >= 11 is 0. The smallest absolute Gasteiger partial charge is 0.423 e. The molecule has 0 bridgehead atoms. The van der Waals surface area contributed by atoms with Crippen molar-refractivity contribution in [2.75, 3.05) is 0 Å². The van der Waals surface area contributed by atoms with Crippen LogP contribution in [0.15, 0.2) is 48.7 Å². The van der Waals surface area contributed by atoms with Gasteiger partial charge in [0.15, 0.2) is 0 Å². The van der Waals surface area contributed by atoms with E-state index >= 15 is 0 Å². The average Bonchev–Trinajstić information content (AvgIpc) is 2.89. The first-order chi connectivity index (χ1) is 10.5. The van der Waals surface area contributed by atoms with Crippen molar-refractivity contribution < 1.29 is 19.5 Å². The molecule has 1 atom stereocenters. The molecule has 0 aliphatic heterocycles. The number of fused-ring (bicyclic) bond motifs is 1. The van der Waals surface area contributed by atoms with E-state index in [0.717, 1.165) is 0 Å². The van der Waals surface area contributed by atoms with Crippen molar-refractivity contribution in [2.45, 2.75) is 12.6 Å². The van der Waals surface area contributed by atoms with Gasteiger partial charge in [0.1, 0.15) is 5.82 Å². The highest BCUT2D eigenvalue weighted by Gasteiger charge is 2.17. The lowest BCUT2D eigenvalue weighted by molar-refractivity contribution is 0.152. The molecule has 7 heteroatoms. The third-order valence-corrected chi connectivity index (χ3v) is 3.52. The second kappa shape index (κ2) is 5.88. The molecule has 0 radical (unpaired) electrons. The minimum absolute atomic E-state index is 0.182. The van der Waals surface area contributed by atoms with Gasteiger partial charge in [0, 0.05) is 11.6 Å². The molecule has 2 aromatic carbocycles. The summed E-state index contributed by atoms with van der Waals surface area (Å²) < 4.78 is 14.4. The standard InChI is InChI=1S/C15H14BFN2O3/c17-11-6-4-10(5-7-11)15(20)9-19-8-12-13(16(21)22)2-1-3-14(12)18-19/h1-8,15,20-22H,9H2/t15-/m0/s1. The molecule has 0 spiro atoms. The van der Waals surface area contributed by atoms with Gasteiger partial charge in [-0.3, -0.25) is 4.68 Å². The molecule has 3 N–H and O–H groups in total. The molecule has 0 saturated heterocycles. The van der Waals surface area contributed by atoms with Crippen molar-refractivity contribution in [2.24, 2.45) is 0 Å². The molecule has 0 amide bonds. The first-order valence-corrected chi connectivity index (χ1v) is 6.80.